The molecule has 1 unspecified atom stereocenters. The first-order valence-corrected chi connectivity index (χ1v) is 10.1. The molecule has 1 heterocycles. The Balaban J connectivity index is 1.50. The minimum Gasteiger partial charge on any atom is -0.481 e. The van der Waals surface area contributed by atoms with Gasteiger partial charge in [0.15, 0.2) is 6.10 Å². The molecule has 7 nitrogen and oxygen atoms in total. The molecular formula is C19H15ClF3N3O4S. The second-order valence-electron chi connectivity index (χ2n) is 5.98. The van der Waals surface area contributed by atoms with Crippen LogP contribution < -0.4 is 14.8 Å². The van der Waals surface area contributed by atoms with Crippen molar-refractivity contribution in [3.8, 4) is 11.5 Å². The number of thioether (sulfide) groups is 1. The van der Waals surface area contributed by atoms with Crippen LogP contribution in [-0.2, 0) is 4.79 Å². The minimum absolute atomic E-state index is 0.0538. The average Bonchev–Trinajstić information content (AvgIpc) is 3.19. The lowest BCUT2D eigenvalue weighted by Crippen LogP contribution is -2.14. The highest BCUT2D eigenvalue weighted by molar-refractivity contribution is 7.99. The molecule has 0 aliphatic rings. The lowest BCUT2D eigenvalue weighted by molar-refractivity contribution is -0.113. The van der Waals surface area contributed by atoms with Crippen LogP contribution in [0.5, 0.6) is 11.5 Å². The number of benzene rings is 2. The molecule has 0 fully saturated rings. The maximum atomic E-state index is 12.9. The van der Waals surface area contributed by atoms with Gasteiger partial charge < -0.3 is 19.2 Å². The summed E-state index contributed by atoms with van der Waals surface area (Å²) in [6, 6.07) is 9.38. The molecule has 0 aliphatic heterocycles. The standard InChI is InChI=1S/C19H15ClF3N3O4S/c1-10(28-13-5-2-11(21)3-6-13)17-25-26-19(30-17)31-9-16(27)24-12-4-7-15(14(20)8-12)29-18(22)23/h2-8,10,18H,9H2,1H3,(H,24,27). The molecule has 1 aromatic heterocycles. The van der Waals surface area contributed by atoms with Crippen molar-refractivity contribution in [2.45, 2.75) is 24.9 Å². The Labute approximate surface area is 183 Å². The predicted molar refractivity (Wildman–Crippen MR) is 107 cm³/mol. The summed E-state index contributed by atoms with van der Waals surface area (Å²) in [4.78, 5) is 12.1. The van der Waals surface area contributed by atoms with Crippen molar-refractivity contribution < 1.29 is 31.9 Å². The highest BCUT2D eigenvalue weighted by Crippen LogP contribution is 2.29. The van der Waals surface area contributed by atoms with Gasteiger partial charge in [-0.2, -0.15) is 8.78 Å². The number of alkyl halides is 2. The first-order chi connectivity index (χ1) is 14.8. The SMILES string of the molecule is CC(Oc1ccc(F)cc1)c1nnc(SCC(=O)Nc2ccc(OC(F)F)c(Cl)c2)o1. The van der Waals surface area contributed by atoms with Crippen LogP contribution in [0, 0.1) is 5.82 Å². The van der Waals surface area contributed by atoms with Crippen LogP contribution in [0.15, 0.2) is 52.1 Å². The fraction of sp³-hybridized carbons (Fsp3) is 0.211. The molecule has 0 bridgehead atoms. The van der Waals surface area contributed by atoms with E-state index in [1.54, 1.807) is 6.92 Å². The third-order valence-corrected chi connectivity index (χ3v) is 4.77. The molecule has 31 heavy (non-hydrogen) atoms. The fourth-order valence-electron chi connectivity index (χ4n) is 2.31. The van der Waals surface area contributed by atoms with Crippen LogP contribution in [0.25, 0.3) is 0 Å². The maximum Gasteiger partial charge on any atom is 0.387 e. The smallest absolute Gasteiger partial charge is 0.387 e. The number of rotatable bonds is 9. The van der Waals surface area contributed by atoms with Crippen molar-refractivity contribution in [3.63, 3.8) is 0 Å². The molecule has 0 saturated carbocycles. The van der Waals surface area contributed by atoms with E-state index in [2.05, 4.69) is 20.3 Å². The summed E-state index contributed by atoms with van der Waals surface area (Å²) in [5, 5.41) is 10.4. The summed E-state index contributed by atoms with van der Waals surface area (Å²) < 4.78 is 52.8. The van der Waals surface area contributed by atoms with E-state index in [0.717, 1.165) is 11.8 Å². The number of nitrogens with zero attached hydrogens (tertiary/aromatic N) is 2. The van der Waals surface area contributed by atoms with Gasteiger partial charge in [-0.05, 0) is 49.4 Å². The van der Waals surface area contributed by atoms with E-state index >= 15 is 0 Å². The number of carbonyl (C=O) groups excluding carboxylic acids is 1. The highest BCUT2D eigenvalue weighted by atomic mass is 35.5. The first kappa shape index (κ1) is 22.8. The second kappa shape index (κ2) is 10.4. The van der Waals surface area contributed by atoms with Crippen molar-refractivity contribution in [1.82, 2.24) is 10.2 Å². The van der Waals surface area contributed by atoms with Crippen molar-refractivity contribution in [1.29, 1.82) is 0 Å². The topological polar surface area (TPSA) is 86.5 Å². The van der Waals surface area contributed by atoms with Crippen molar-refractivity contribution in [3.05, 3.63) is 59.2 Å². The number of amides is 1. The Kier molecular flexibility index (Phi) is 7.64. The number of hydrogen-bond acceptors (Lipinski definition) is 7. The monoisotopic (exact) mass is 473 g/mol. The number of aromatic nitrogens is 2. The number of anilines is 1. The lowest BCUT2D eigenvalue weighted by atomic mass is 10.3. The molecule has 12 heteroatoms. The van der Waals surface area contributed by atoms with Crippen LogP contribution in [0.2, 0.25) is 5.02 Å². The van der Waals surface area contributed by atoms with Gasteiger partial charge in [0.25, 0.3) is 11.1 Å². The Morgan fingerprint density at radius 1 is 1.19 bits per heavy atom. The van der Waals surface area contributed by atoms with Crippen LogP contribution in [-0.4, -0.2) is 28.5 Å². The number of hydrogen-bond donors (Lipinski definition) is 1. The third kappa shape index (κ3) is 6.79. The normalized spacial score (nSPS) is 11.9. The molecule has 3 aromatic rings. The van der Waals surface area contributed by atoms with E-state index in [1.165, 1.54) is 42.5 Å². The predicted octanol–water partition coefficient (Wildman–Crippen LogP) is 5.33. The molecule has 1 amide bonds. The molecule has 1 N–H and O–H groups in total. The van der Waals surface area contributed by atoms with E-state index in [-0.39, 0.29) is 33.5 Å². The molecule has 1 atom stereocenters. The van der Waals surface area contributed by atoms with Crippen molar-refractivity contribution in [2.24, 2.45) is 0 Å². The van der Waals surface area contributed by atoms with Gasteiger partial charge in [-0.3, -0.25) is 4.79 Å². The van der Waals surface area contributed by atoms with Crippen LogP contribution in [0.1, 0.15) is 18.9 Å². The van der Waals surface area contributed by atoms with Gasteiger partial charge in [-0.15, -0.1) is 10.2 Å². The Bertz CT molecular complexity index is 1040. The zero-order chi connectivity index (χ0) is 22.4. The van der Waals surface area contributed by atoms with Crippen molar-refractivity contribution >= 4 is 35.0 Å². The summed E-state index contributed by atoms with van der Waals surface area (Å²) in [6.07, 6.45) is -0.586. The molecule has 0 radical (unpaired) electrons. The Morgan fingerprint density at radius 2 is 1.94 bits per heavy atom. The molecule has 0 aliphatic carbocycles. The summed E-state index contributed by atoms with van der Waals surface area (Å²) in [6.45, 7) is -1.32. The highest BCUT2D eigenvalue weighted by Gasteiger charge is 2.17. The molecule has 0 saturated heterocycles. The van der Waals surface area contributed by atoms with Gasteiger partial charge in [0, 0.05) is 5.69 Å². The largest absolute Gasteiger partial charge is 0.481 e. The minimum atomic E-state index is -3.00. The van der Waals surface area contributed by atoms with E-state index < -0.39 is 18.6 Å². The summed E-state index contributed by atoms with van der Waals surface area (Å²) in [5.41, 5.74) is 0.310. The van der Waals surface area contributed by atoms with E-state index in [0.29, 0.717) is 11.4 Å². The Hall–Kier alpha value is -2.92. The third-order valence-electron chi connectivity index (χ3n) is 3.65. The summed E-state index contributed by atoms with van der Waals surface area (Å²) in [7, 11) is 0. The number of halogens is 4. The van der Waals surface area contributed by atoms with E-state index in [9.17, 15) is 18.0 Å². The first-order valence-electron chi connectivity index (χ1n) is 8.73. The molecular weight excluding hydrogens is 459 g/mol. The molecule has 2 aromatic carbocycles. The quantitative estimate of drug-likeness (QED) is 0.420. The van der Waals surface area contributed by atoms with E-state index in [1.807, 2.05) is 0 Å². The van der Waals surface area contributed by atoms with Gasteiger partial charge in [-0.1, -0.05) is 23.4 Å². The van der Waals surface area contributed by atoms with Gasteiger partial charge in [0.2, 0.25) is 5.91 Å². The Morgan fingerprint density at radius 3 is 2.61 bits per heavy atom. The average molecular weight is 474 g/mol. The lowest BCUT2D eigenvalue weighted by Gasteiger charge is -2.10. The molecule has 164 valence electrons. The molecule has 3 rings (SSSR count). The van der Waals surface area contributed by atoms with Gasteiger partial charge in [-0.25, -0.2) is 4.39 Å². The summed E-state index contributed by atoms with van der Waals surface area (Å²) >= 11 is 6.85. The number of ether oxygens (including phenoxy) is 2. The van der Waals surface area contributed by atoms with Crippen LogP contribution >= 0.6 is 23.4 Å². The zero-order valence-corrected chi connectivity index (χ0v) is 17.4. The van der Waals surface area contributed by atoms with Crippen molar-refractivity contribution in [2.75, 3.05) is 11.1 Å². The van der Waals surface area contributed by atoms with Gasteiger partial charge >= 0.3 is 6.61 Å². The van der Waals surface area contributed by atoms with Crippen LogP contribution in [0.3, 0.4) is 0 Å². The maximum absolute atomic E-state index is 12.9. The van der Waals surface area contributed by atoms with Gasteiger partial charge in [0.1, 0.15) is 17.3 Å². The summed E-state index contributed by atoms with van der Waals surface area (Å²) in [5.74, 6) is -0.410. The van der Waals surface area contributed by atoms with Gasteiger partial charge in [0.05, 0.1) is 10.8 Å². The molecule has 0 spiro atoms. The second-order valence-corrected chi connectivity index (χ2v) is 7.31. The van der Waals surface area contributed by atoms with Crippen LogP contribution in [0.4, 0.5) is 18.9 Å². The van der Waals surface area contributed by atoms with E-state index in [4.69, 9.17) is 20.8 Å². The number of carbonyl (C=O) groups is 1. The fourth-order valence-corrected chi connectivity index (χ4v) is 3.10. The number of nitrogens with one attached hydrogen (secondary N) is 1. The zero-order valence-electron chi connectivity index (χ0n) is 15.9.